The van der Waals surface area contributed by atoms with Gasteiger partial charge in [-0.3, -0.25) is 19.2 Å². The predicted octanol–water partition coefficient (Wildman–Crippen LogP) is 1.20. The first-order valence-corrected chi connectivity index (χ1v) is 8.23. The molecule has 2 rings (SSSR count). The summed E-state index contributed by atoms with van der Waals surface area (Å²) in [7, 11) is 0. The zero-order chi connectivity index (χ0) is 18.8. The van der Waals surface area contributed by atoms with Crippen molar-refractivity contribution in [1.29, 1.82) is 0 Å². The number of hydrogen-bond donors (Lipinski definition) is 4. The van der Waals surface area contributed by atoms with E-state index in [2.05, 4.69) is 0 Å². The second-order valence-corrected chi connectivity index (χ2v) is 6.92. The third-order valence-electron chi connectivity index (χ3n) is 5.59. The highest BCUT2D eigenvalue weighted by Gasteiger charge is 2.51. The molecule has 2 aliphatic carbocycles. The van der Waals surface area contributed by atoms with Crippen molar-refractivity contribution in [3.8, 4) is 0 Å². The molecule has 0 aromatic carbocycles. The van der Waals surface area contributed by atoms with Crippen molar-refractivity contribution in [2.75, 3.05) is 0 Å². The van der Waals surface area contributed by atoms with Crippen LogP contribution in [0.3, 0.4) is 0 Å². The Morgan fingerprint density at radius 2 is 0.840 bits per heavy atom. The Balaban J connectivity index is 1.90. The van der Waals surface area contributed by atoms with E-state index in [-0.39, 0.29) is 63.6 Å². The largest absolute Gasteiger partial charge is 0.480 e. The molecule has 2 fully saturated rings. The molecule has 4 N–H and O–H groups in total. The zero-order valence-corrected chi connectivity index (χ0v) is 13.6. The van der Waals surface area contributed by atoms with Crippen molar-refractivity contribution in [2.24, 2.45) is 10.8 Å². The second-order valence-electron chi connectivity index (χ2n) is 6.92. The van der Waals surface area contributed by atoms with E-state index < -0.39 is 34.7 Å². The van der Waals surface area contributed by atoms with Crippen LogP contribution in [0.5, 0.6) is 0 Å². The molecule has 0 spiro atoms. The van der Waals surface area contributed by atoms with Gasteiger partial charge >= 0.3 is 23.9 Å². The monoisotopic (exact) mass is 358 g/mol. The summed E-state index contributed by atoms with van der Waals surface area (Å²) in [5, 5.41) is 36.8. The molecule has 2 aliphatic rings. The molecule has 140 valence electrons. The van der Waals surface area contributed by atoms with Gasteiger partial charge in [0, 0.05) is 0 Å². The summed E-state index contributed by atoms with van der Waals surface area (Å²) in [5.74, 6) is -5.37. The van der Waals surface area contributed by atoms with E-state index in [1.165, 1.54) is 0 Å². The van der Waals surface area contributed by atoms with Gasteiger partial charge in [-0.2, -0.15) is 0 Å². The first-order valence-electron chi connectivity index (χ1n) is 8.23. The molecule has 9 nitrogen and oxygen atoms in total. The van der Waals surface area contributed by atoms with Crippen molar-refractivity contribution < 1.29 is 44.3 Å². The van der Waals surface area contributed by atoms with Gasteiger partial charge in [0.15, 0.2) is 10.8 Å². The zero-order valence-electron chi connectivity index (χ0n) is 13.6. The van der Waals surface area contributed by atoms with E-state index in [0.717, 1.165) is 0 Å². The number of carboxylic acid groups (broad SMARTS) is 4. The average molecular weight is 358 g/mol. The SMILES string of the molecule is O=C(O)C1(C(=O)O)CCC(OC2CCC(C(=O)O)(C(=O)O)CC2)CC1. The van der Waals surface area contributed by atoms with Crippen molar-refractivity contribution in [1.82, 2.24) is 0 Å². The van der Waals surface area contributed by atoms with Gasteiger partial charge in [0.05, 0.1) is 12.2 Å². The van der Waals surface area contributed by atoms with E-state index in [0.29, 0.717) is 0 Å². The topological polar surface area (TPSA) is 158 Å². The van der Waals surface area contributed by atoms with Crippen LogP contribution in [0.2, 0.25) is 0 Å². The molecule has 0 radical (unpaired) electrons. The van der Waals surface area contributed by atoms with Gasteiger partial charge in [0.25, 0.3) is 0 Å². The van der Waals surface area contributed by atoms with Crippen molar-refractivity contribution in [3.05, 3.63) is 0 Å². The van der Waals surface area contributed by atoms with E-state index in [4.69, 9.17) is 4.74 Å². The van der Waals surface area contributed by atoms with E-state index in [1.807, 2.05) is 0 Å². The quantitative estimate of drug-likeness (QED) is 0.512. The number of hydrogen-bond acceptors (Lipinski definition) is 5. The number of rotatable bonds is 6. The maximum atomic E-state index is 11.3. The van der Waals surface area contributed by atoms with Crippen molar-refractivity contribution >= 4 is 23.9 Å². The highest BCUT2D eigenvalue weighted by molar-refractivity contribution is 5.98. The van der Waals surface area contributed by atoms with Crippen molar-refractivity contribution in [3.63, 3.8) is 0 Å². The normalized spacial score (nSPS) is 23.7. The fourth-order valence-electron chi connectivity index (χ4n) is 3.75. The van der Waals surface area contributed by atoms with Crippen LogP contribution in [0.25, 0.3) is 0 Å². The third kappa shape index (κ3) is 3.46. The number of carbonyl (C=O) groups is 4. The van der Waals surface area contributed by atoms with Gasteiger partial charge < -0.3 is 25.2 Å². The maximum absolute atomic E-state index is 11.3. The smallest absolute Gasteiger partial charge is 0.321 e. The van der Waals surface area contributed by atoms with Gasteiger partial charge in [-0.1, -0.05) is 0 Å². The minimum absolute atomic E-state index is 0.0246. The highest BCUT2D eigenvalue weighted by Crippen LogP contribution is 2.42. The minimum atomic E-state index is -1.77. The third-order valence-corrected chi connectivity index (χ3v) is 5.59. The van der Waals surface area contributed by atoms with Crippen molar-refractivity contribution in [2.45, 2.75) is 63.6 Å². The summed E-state index contributed by atoms with van der Waals surface area (Å²) in [5.41, 5.74) is -3.54. The van der Waals surface area contributed by atoms with Crippen LogP contribution in [0, 0.1) is 10.8 Å². The minimum Gasteiger partial charge on any atom is -0.480 e. The average Bonchev–Trinajstić information content (AvgIpc) is 2.55. The molecule has 0 saturated heterocycles. The summed E-state index contributed by atoms with van der Waals surface area (Å²) in [6.45, 7) is 0. The van der Waals surface area contributed by atoms with Gasteiger partial charge in [-0.05, 0) is 51.4 Å². The highest BCUT2D eigenvalue weighted by atomic mass is 16.5. The van der Waals surface area contributed by atoms with E-state index in [1.54, 1.807) is 0 Å². The molecular formula is C16H22O9. The summed E-state index contributed by atoms with van der Waals surface area (Å²) in [4.78, 5) is 45.1. The first-order chi connectivity index (χ1) is 11.6. The van der Waals surface area contributed by atoms with Gasteiger partial charge in [-0.15, -0.1) is 0 Å². The Hall–Kier alpha value is -2.16. The fraction of sp³-hybridized carbons (Fsp3) is 0.750. The molecule has 0 amide bonds. The summed E-state index contributed by atoms with van der Waals surface area (Å²) in [6.07, 6.45) is 0.476. The fourth-order valence-corrected chi connectivity index (χ4v) is 3.75. The van der Waals surface area contributed by atoms with Crippen LogP contribution in [-0.2, 0) is 23.9 Å². The van der Waals surface area contributed by atoms with E-state index in [9.17, 15) is 39.6 Å². The van der Waals surface area contributed by atoms with Crippen LogP contribution in [0.4, 0.5) is 0 Å². The van der Waals surface area contributed by atoms with Gasteiger partial charge in [0.1, 0.15) is 0 Å². The molecule has 0 heterocycles. The molecule has 0 aromatic heterocycles. The molecule has 9 heteroatoms. The van der Waals surface area contributed by atoms with Crippen LogP contribution < -0.4 is 0 Å². The Bertz CT molecular complexity index is 484. The molecule has 0 bridgehead atoms. The molecule has 0 aromatic rings. The number of carboxylic acids is 4. The molecule has 0 atom stereocenters. The first kappa shape index (κ1) is 19.2. The summed E-state index contributed by atoms with van der Waals surface area (Å²) in [6, 6.07) is 0. The lowest BCUT2D eigenvalue weighted by Gasteiger charge is -2.38. The molecule has 0 aliphatic heterocycles. The lowest BCUT2D eigenvalue weighted by molar-refractivity contribution is -0.171. The van der Waals surface area contributed by atoms with Gasteiger partial charge in [-0.25, -0.2) is 0 Å². The number of aliphatic carboxylic acids is 4. The summed E-state index contributed by atoms with van der Waals surface area (Å²) < 4.78 is 5.87. The Kier molecular flexibility index (Phi) is 5.36. The van der Waals surface area contributed by atoms with Crippen LogP contribution in [0.1, 0.15) is 51.4 Å². The van der Waals surface area contributed by atoms with Gasteiger partial charge in [0.2, 0.25) is 0 Å². The van der Waals surface area contributed by atoms with Crippen LogP contribution in [0.15, 0.2) is 0 Å². The standard InChI is InChI=1S/C16H22O9/c17-11(18)15(12(19)20)5-1-9(2-6-15)25-10-3-7-16(8-4-10,13(21)22)14(23)24/h9-10H,1-8H2,(H,17,18)(H,19,20)(H,21,22)(H,23,24). The maximum Gasteiger partial charge on any atom is 0.321 e. The van der Waals surface area contributed by atoms with Crippen LogP contribution >= 0.6 is 0 Å². The second kappa shape index (κ2) is 6.99. The molecule has 0 unspecified atom stereocenters. The lowest BCUT2D eigenvalue weighted by atomic mass is 9.72. The Morgan fingerprint density at radius 1 is 0.600 bits per heavy atom. The predicted molar refractivity (Wildman–Crippen MR) is 81.0 cm³/mol. The molecule has 2 saturated carbocycles. The lowest BCUT2D eigenvalue weighted by Crippen LogP contribution is -2.46. The molecular weight excluding hydrogens is 336 g/mol. The van der Waals surface area contributed by atoms with Crippen LogP contribution in [-0.4, -0.2) is 56.5 Å². The Labute approximate surface area is 143 Å². The number of ether oxygens (including phenoxy) is 1. The summed E-state index contributed by atoms with van der Waals surface area (Å²) >= 11 is 0. The van der Waals surface area contributed by atoms with E-state index >= 15 is 0 Å². The Morgan fingerprint density at radius 3 is 1.04 bits per heavy atom. The molecule has 25 heavy (non-hydrogen) atoms.